The van der Waals surface area contributed by atoms with E-state index < -0.39 is 6.17 Å². The molecule has 1 aromatic heterocycles. The number of ether oxygens (including phenoxy) is 1. The lowest BCUT2D eigenvalue weighted by molar-refractivity contribution is -0.140. The second kappa shape index (κ2) is 6.80. The Hall–Kier alpha value is -1.47. The van der Waals surface area contributed by atoms with Crippen LogP contribution in [0.2, 0.25) is 0 Å². The van der Waals surface area contributed by atoms with Gasteiger partial charge in [0.2, 0.25) is 5.91 Å². The molecule has 1 saturated carbocycles. The standard InChI is InChI=1S/C17H25FN4O2/c18-14-9-13(10-14)17(23)21-2-1-16-19-11-15(22(16)4-3-21)12-20-5-7-24-8-6-20/h11,13-14H,1-10,12H2. The molecule has 4 rings (SSSR count). The molecule has 1 saturated heterocycles. The molecule has 1 aromatic rings. The third kappa shape index (κ3) is 3.19. The molecule has 0 radical (unpaired) electrons. The molecule has 0 aromatic carbocycles. The SMILES string of the molecule is O=C(C1CC(F)C1)N1CCc2ncc(CN3CCOCC3)n2CC1. The maximum Gasteiger partial charge on any atom is 0.225 e. The van der Waals surface area contributed by atoms with Gasteiger partial charge in [-0.2, -0.15) is 0 Å². The predicted molar refractivity (Wildman–Crippen MR) is 86.2 cm³/mol. The number of alkyl halides is 1. The number of hydrogen-bond acceptors (Lipinski definition) is 4. The Bertz CT molecular complexity index is 593. The molecule has 132 valence electrons. The minimum absolute atomic E-state index is 0.0989. The minimum atomic E-state index is -0.776. The number of hydrogen-bond donors (Lipinski definition) is 0. The number of halogens is 1. The Morgan fingerprint density at radius 3 is 2.75 bits per heavy atom. The smallest absolute Gasteiger partial charge is 0.225 e. The topological polar surface area (TPSA) is 50.6 Å². The lowest BCUT2D eigenvalue weighted by atomic mass is 9.82. The predicted octanol–water partition coefficient (Wildman–Crippen LogP) is 0.848. The summed E-state index contributed by atoms with van der Waals surface area (Å²) >= 11 is 0. The first-order valence-corrected chi connectivity index (χ1v) is 8.97. The number of carbonyl (C=O) groups excluding carboxylic acids is 1. The summed E-state index contributed by atoms with van der Waals surface area (Å²) in [5, 5.41) is 0. The van der Waals surface area contributed by atoms with Crippen molar-refractivity contribution in [2.24, 2.45) is 5.92 Å². The average Bonchev–Trinajstić information content (AvgIpc) is 2.81. The highest BCUT2D eigenvalue weighted by molar-refractivity contribution is 5.79. The average molecular weight is 336 g/mol. The highest BCUT2D eigenvalue weighted by Gasteiger charge is 2.37. The van der Waals surface area contributed by atoms with E-state index in [2.05, 4.69) is 14.5 Å². The first kappa shape index (κ1) is 16.0. The molecule has 2 aliphatic heterocycles. The molecular formula is C17H25FN4O2. The van der Waals surface area contributed by atoms with Gasteiger partial charge in [-0.05, 0) is 12.8 Å². The van der Waals surface area contributed by atoms with Crippen LogP contribution in [0, 0.1) is 5.92 Å². The van der Waals surface area contributed by atoms with Gasteiger partial charge >= 0.3 is 0 Å². The fraction of sp³-hybridized carbons (Fsp3) is 0.765. The first-order chi connectivity index (χ1) is 11.7. The molecule has 2 fully saturated rings. The van der Waals surface area contributed by atoms with E-state index in [1.165, 1.54) is 5.69 Å². The molecule has 0 atom stereocenters. The molecule has 0 N–H and O–H groups in total. The van der Waals surface area contributed by atoms with E-state index >= 15 is 0 Å². The van der Waals surface area contributed by atoms with Gasteiger partial charge in [0.05, 0.1) is 18.9 Å². The third-order valence-corrected chi connectivity index (χ3v) is 5.45. The summed E-state index contributed by atoms with van der Waals surface area (Å²) in [6.45, 7) is 6.56. The van der Waals surface area contributed by atoms with Crippen LogP contribution in [0.25, 0.3) is 0 Å². The molecule has 24 heavy (non-hydrogen) atoms. The number of fused-ring (bicyclic) bond motifs is 1. The van der Waals surface area contributed by atoms with Crippen LogP contribution < -0.4 is 0 Å². The number of aromatic nitrogens is 2. The van der Waals surface area contributed by atoms with Crippen molar-refractivity contribution in [1.29, 1.82) is 0 Å². The van der Waals surface area contributed by atoms with Gasteiger partial charge in [-0.3, -0.25) is 9.69 Å². The van der Waals surface area contributed by atoms with E-state index in [9.17, 15) is 9.18 Å². The van der Waals surface area contributed by atoms with Crippen molar-refractivity contribution in [2.75, 3.05) is 39.4 Å². The van der Waals surface area contributed by atoms with Crippen LogP contribution in [0.5, 0.6) is 0 Å². The van der Waals surface area contributed by atoms with Gasteiger partial charge in [-0.25, -0.2) is 9.37 Å². The molecule has 0 bridgehead atoms. The Balaban J connectivity index is 1.39. The molecular weight excluding hydrogens is 311 g/mol. The van der Waals surface area contributed by atoms with Crippen LogP contribution in [-0.4, -0.2) is 70.8 Å². The molecule has 6 nitrogen and oxygen atoms in total. The van der Waals surface area contributed by atoms with E-state index in [1.807, 2.05) is 11.1 Å². The normalized spacial score (nSPS) is 28.1. The van der Waals surface area contributed by atoms with Gasteiger partial charge in [0, 0.05) is 57.8 Å². The highest BCUT2D eigenvalue weighted by Crippen LogP contribution is 2.32. The van der Waals surface area contributed by atoms with Crippen molar-refractivity contribution >= 4 is 5.91 Å². The van der Waals surface area contributed by atoms with Crippen LogP contribution in [0.15, 0.2) is 6.20 Å². The zero-order chi connectivity index (χ0) is 16.5. The number of morpholine rings is 1. The van der Waals surface area contributed by atoms with E-state index in [0.29, 0.717) is 25.9 Å². The first-order valence-electron chi connectivity index (χ1n) is 8.97. The zero-order valence-electron chi connectivity index (χ0n) is 14.0. The Kier molecular flexibility index (Phi) is 4.54. The van der Waals surface area contributed by atoms with Crippen molar-refractivity contribution in [3.05, 3.63) is 17.7 Å². The summed E-state index contributed by atoms with van der Waals surface area (Å²) in [5.41, 5.74) is 1.22. The number of nitrogens with zero attached hydrogens (tertiary/aromatic N) is 4. The summed E-state index contributed by atoms with van der Waals surface area (Å²) in [4.78, 5) is 21.3. The van der Waals surface area contributed by atoms with Gasteiger partial charge in [-0.15, -0.1) is 0 Å². The molecule has 0 spiro atoms. The molecule has 3 heterocycles. The molecule has 1 amide bonds. The van der Waals surface area contributed by atoms with E-state index in [0.717, 1.165) is 51.6 Å². The number of amides is 1. The molecule has 0 unspecified atom stereocenters. The van der Waals surface area contributed by atoms with E-state index in [4.69, 9.17) is 4.74 Å². The van der Waals surface area contributed by atoms with Crippen molar-refractivity contribution in [3.63, 3.8) is 0 Å². The van der Waals surface area contributed by atoms with Crippen LogP contribution in [0.1, 0.15) is 24.4 Å². The second-order valence-corrected chi connectivity index (χ2v) is 7.05. The quantitative estimate of drug-likeness (QED) is 0.821. The monoisotopic (exact) mass is 336 g/mol. The molecule has 3 aliphatic rings. The zero-order valence-corrected chi connectivity index (χ0v) is 14.0. The largest absolute Gasteiger partial charge is 0.379 e. The van der Waals surface area contributed by atoms with Gasteiger partial charge in [0.15, 0.2) is 0 Å². The van der Waals surface area contributed by atoms with Crippen molar-refractivity contribution in [2.45, 2.75) is 38.5 Å². The van der Waals surface area contributed by atoms with Gasteiger partial charge in [0.25, 0.3) is 0 Å². The van der Waals surface area contributed by atoms with Crippen LogP contribution >= 0.6 is 0 Å². The van der Waals surface area contributed by atoms with Crippen molar-refractivity contribution < 1.29 is 13.9 Å². The Morgan fingerprint density at radius 2 is 2.00 bits per heavy atom. The fourth-order valence-electron chi connectivity index (χ4n) is 3.84. The Morgan fingerprint density at radius 1 is 1.21 bits per heavy atom. The number of imidazole rings is 1. The molecule has 1 aliphatic carbocycles. The van der Waals surface area contributed by atoms with Crippen LogP contribution in [-0.2, 0) is 29.0 Å². The summed E-state index contributed by atoms with van der Waals surface area (Å²) in [7, 11) is 0. The lowest BCUT2D eigenvalue weighted by Gasteiger charge is -2.33. The van der Waals surface area contributed by atoms with E-state index in [-0.39, 0.29) is 11.8 Å². The van der Waals surface area contributed by atoms with Crippen molar-refractivity contribution in [1.82, 2.24) is 19.4 Å². The minimum Gasteiger partial charge on any atom is -0.379 e. The highest BCUT2D eigenvalue weighted by atomic mass is 19.1. The summed E-state index contributed by atoms with van der Waals surface area (Å²) in [6.07, 6.45) is 2.79. The summed E-state index contributed by atoms with van der Waals surface area (Å²) < 4.78 is 20.7. The Labute approximate surface area is 141 Å². The molecule has 7 heteroatoms. The number of rotatable bonds is 3. The third-order valence-electron chi connectivity index (χ3n) is 5.45. The fourth-order valence-corrected chi connectivity index (χ4v) is 3.84. The maximum absolute atomic E-state index is 13.0. The van der Waals surface area contributed by atoms with Crippen LogP contribution in [0.4, 0.5) is 4.39 Å². The maximum atomic E-state index is 13.0. The van der Waals surface area contributed by atoms with E-state index in [1.54, 1.807) is 0 Å². The lowest BCUT2D eigenvalue weighted by Crippen LogP contribution is -2.43. The van der Waals surface area contributed by atoms with Gasteiger partial charge < -0.3 is 14.2 Å². The van der Waals surface area contributed by atoms with Crippen LogP contribution in [0.3, 0.4) is 0 Å². The summed E-state index contributed by atoms with van der Waals surface area (Å²) in [5.74, 6) is 1.09. The van der Waals surface area contributed by atoms with Gasteiger partial charge in [0.1, 0.15) is 12.0 Å². The summed E-state index contributed by atoms with van der Waals surface area (Å²) in [6, 6.07) is 0. The van der Waals surface area contributed by atoms with Crippen molar-refractivity contribution in [3.8, 4) is 0 Å². The second-order valence-electron chi connectivity index (χ2n) is 7.05. The van der Waals surface area contributed by atoms with Gasteiger partial charge in [-0.1, -0.05) is 0 Å². The number of carbonyl (C=O) groups is 1.